The monoisotopic (exact) mass is 514 g/mol. The second-order valence-corrected chi connectivity index (χ2v) is 9.34. The molecule has 5 rings (SSSR count). The zero-order valence-corrected chi connectivity index (χ0v) is 21.2. The third-order valence-corrected chi connectivity index (χ3v) is 6.92. The van der Waals surface area contributed by atoms with Crippen molar-refractivity contribution in [2.45, 2.75) is 12.5 Å². The first-order chi connectivity index (χ1) is 18.5. The van der Waals surface area contributed by atoms with Gasteiger partial charge >= 0.3 is 6.09 Å². The predicted octanol–water partition coefficient (Wildman–Crippen LogP) is 5.19. The summed E-state index contributed by atoms with van der Waals surface area (Å²) in [5, 5.41) is 12.7. The minimum absolute atomic E-state index is 0.162. The lowest BCUT2D eigenvalue weighted by molar-refractivity contribution is -0.481. The maximum Gasteiger partial charge on any atom is 0.414 e. The fraction of sp³-hybridized carbons (Fsp3) is 0.276. The van der Waals surface area contributed by atoms with Gasteiger partial charge in [0.15, 0.2) is 0 Å². The van der Waals surface area contributed by atoms with Crippen molar-refractivity contribution in [2.24, 2.45) is 0 Å². The molecule has 196 valence electrons. The Labute approximate surface area is 220 Å². The number of nitro groups is 1. The first kappa shape index (κ1) is 25.3. The van der Waals surface area contributed by atoms with Gasteiger partial charge in [0.25, 0.3) is 0 Å². The molecule has 1 aromatic heterocycles. The quantitative estimate of drug-likeness (QED) is 0.257. The van der Waals surface area contributed by atoms with Gasteiger partial charge in [0.1, 0.15) is 6.61 Å². The molecule has 1 amide bonds. The van der Waals surface area contributed by atoms with E-state index in [0.29, 0.717) is 18.9 Å². The predicted molar refractivity (Wildman–Crippen MR) is 147 cm³/mol. The van der Waals surface area contributed by atoms with Crippen LogP contribution in [0.5, 0.6) is 0 Å². The Kier molecular flexibility index (Phi) is 7.55. The number of carbonyl (C=O) groups is 1. The van der Waals surface area contributed by atoms with E-state index in [1.54, 1.807) is 13.1 Å². The van der Waals surface area contributed by atoms with Crippen LogP contribution in [-0.2, 0) is 16.1 Å². The summed E-state index contributed by atoms with van der Waals surface area (Å²) < 4.78 is 10.9. The number of fused-ring (bicyclic) bond motifs is 1. The molecule has 1 unspecified atom stereocenters. The second-order valence-electron chi connectivity index (χ2n) is 9.34. The van der Waals surface area contributed by atoms with Crippen LogP contribution < -0.4 is 9.80 Å². The number of morpholine rings is 1. The largest absolute Gasteiger partial charge is 0.444 e. The molecule has 9 nitrogen and oxygen atoms in total. The number of aromatic nitrogens is 1. The van der Waals surface area contributed by atoms with Crippen LogP contribution in [0.15, 0.2) is 79.0 Å². The molecule has 1 fully saturated rings. The standard InChI is InChI=1S/C29H30N4O5/c1-31(29(34)38-20-21-6-3-2-4-7-21)23-9-5-8-22(16-23)27(19-33(35)36)26-18-30-28-17-24(10-11-25(26)28)32-12-14-37-15-13-32/h2-11,16-18,27,30H,12-15,19-20H2,1H3. The second kappa shape index (κ2) is 11.4. The van der Waals surface area contributed by atoms with Gasteiger partial charge in [-0.05, 0) is 41.0 Å². The normalized spacial score (nSPS) is 14.3. The van der Waals surface area contributed by atoms with E-state index in [9.17, 15) is 14.9 Å². The molecule has 9 heteroatoms. The molecular formula is C29H30N4O5. The smallest absolute Gasteiger partial charge is 0.414 e. The number of ether oxygens (including phenoxy) is 2. The van der Waals surface area contributed by atoms with Crippen LogP contribution in [0.1, 0.15) is 22.6 Å². The molecule has 2 heterocycles. The zero-order valence-electron chi connectivity index (χ0n) is 21.2. The van der Waals surface area contributed by atoms with E-state index in [1.807, 2.05) is 60.8 Å². The Hall–Kier alpha value is -4.37. The lowest BCUT2D eigenvalue weighted by atomic mass is 9.90. The number of H-pyrrole nitrogens is 1. The van der Waals surface area contributed by atoms with Crippen LogP contribution in [0.25, 0.3) is 10.9 Å². The topological polar surface area (TPSA) is 101 Å². The van der Waals surface area contributed by atoms with Crippen LogP contribution in [0.3, 0.4) is 0 Å². The number of rotatable bonds is 8. The minimum Gasteiger partial charge on any atom is -0.444 e. The number of hydrogen-bond donors (Lipinski definition) is 1. The van der Waals surface area contributed by atoms with Crippen LogP contribution in [0.2, 0.25) is 0 Å². The van der Waals surface area contributed by atoms with Gasteiger partial charge in [0, 0.05) is 53.5 Å². The highest BCUT2D eigenvalue weighted by Gasteiger charge is 2.25. The highest BCUT2D eigenvalue weighted by atomic mass is 16.6. The van der Waals surface area contributed by atoms with E-state index < -0.39 is 12.0 Å². The number of amides is 1. The van der Waals surface area contributed by atoms with Crippen molar-refractivity contribution in [3.05, 3.63) is 106 Å². The van der Waals surface area contributed by atoms with Gasteiger partial charge in [0.05, 0.1) is 19.1 Å². The van der Waals surface area contributed by atoms with Crippen molar-refractivity contribution >= 4 is 28.4 Å². The van der Waals surface area contributed by atoms with E-state index in [-0.39, 0.29) is 18.1 Å². The van der Waals surface area contributed by atoms with Gasteiger partial charge < -0.3 is 19.4 Å². The summed E-state index contributed by atoms with van der Waals surface area (Å²) in [6.07, 6.45) is 1.35. The van der Waals surface area contributed by atoms with E-state index in [2.05, 4.69) is 22.0 Å². The Bertz CT molecular complexity index is 1420. The number of aromatic amines is 1. The van der Waals surface area contributed by atoms with Crippen molar-refractivity contribution in [3.8, 4) is 0 Å². The molecular weight excluding hydrogens is 484 g/mol. The number of benzene rings is 3. The first-order valence-electron chi connectivity index (χ1n) is 12.6. The average molecular weight is 515 g/mol. The van der Waals surface area contributed by atoms with Gasteiger partial charge in [-0.3, -0.25) is 15.0 Å². The van der Waals surface area contributed by atoms with Crippen LogP contribution in [0.4, 0.5) is 16.2 Å². The van der Waals surface area contributed by atoms with Crippen molar-refractivity contribution < 1.29 is 19.2 Å². The summed E-state index contributed by atoms with van der Waals surface area (Å²) in [4.78, 5) is 31.1. The molecule has 1 N–H and O–H groups in total. The molecule has 1 aliphatic rings. The molecule has 3 aromatic carbocycles. The highest BCUT2D eigenvalue weighted by Crippen LogP contribution is 2.34. The fourth-order valence-corrected chi connectivity index (χ4v) is 4.85. The van der Waals surface area contributed by atoms with E-state index in [0.717, 1.165) is 46.4 Å². The fourth-order valence-electron chi connectivity index (χ4n) is 4.85. The van der Waals surface area contributed by atoms with Gasteiger partial charge in [0.2, 0.25) is 6.54 Å². The van der Waals surface area contributed by atoms with Gasteiger partial charge in [-0.15, -0.1) is 0 Å². The molecule has 1 saturated heterocycles. The number of carbonyl (C=O) groups excluding carboxylic acids is 1. The Morgan fingerprint density at radius 1 is 1.11 bits per heavy atom. The molecule has 0 radical (unpaired) electrons. The summed E-state index contributed by atoms with van der Waals surface area (Å²) in [5.41, 5.74) is 5.11. The van der Waals surface area contributed by atoms with E-state index >= 15 is 0 Å². The lowest BCUT2D eigenvalue weighted by Crippen LogP contribution is -2.36. The first-order valence-corrected chi connectivity index (χ1v) is 12.6. The molecule has 0 spiro atoms. The Morgan fingerprint density at radius 3 is 2.66 bits per heavy atom. The van der Waals surface area contributed by atoms with Gasteiger partial charge in [-0.25, -0.2) is 4.79 Å². The zero-order chi connectivity index (χ0) is 26.5. The molecule has 38 heavy (non-hydrogen) atoms. The molecule has 1 aliphatic heterocycles. The number of hydrogen-bond acceptors (Lipinski definition) is 6. The van der Waals surface area contributed by atoms with Crippen LogP contribution in [-0.4, -0.2) is 55.9 Å². The summed E-state index contributed by atoms with van der Waals surface area (Å²) in [6, 6.07) is 22.9. The lowest BCUT2D eigenvalue weighted by Gasteiger charge is -2.28. The van der Waals surface area contributed by atoms with Crippen molar-refractivity contribution in [3.63, 3.8) is 0 Å². The van der Waals surface area contributed by atoms with Crippen LogP contribution >= 0.6 is 0 Å². The van der Waals surface area contributed by atoms with Gasteiger partial charge in [-0.2, -0.15) is 0 Å². The average Bonchev–Trinajstić information content (AvgIpc) is 3.38. The molecule has 4 aromatic rings. The molecule has 1 atom stereocenters. The van der Waals surface area contributed by atoms with Gasteiger partial charge in [-0.1, -0.05) is 48.5 Å². The third-order valence-electron chi connectivity index (χ3n) is 6.92. The van der Waals surface area contributed by atoms with Crippen molar-refractivity contribution in [1.82, 2.24) is 4.98 Å². The SMILES string of the molecule is CN(C(=O)OCc1ccccc1)c1cccc(C(C[N+](=O)[O-])c2c[nH]c3cc(N4CCOCC4)ccc23)c1. The van der Waals surface area contributed by atoms with Crippen molar-refractivity contribution in [1.29, 1.82) is 0 Å². The number of nitrogens with zero attached hydrogens (tertiary/aromatic N) is 3. The van der Waals surface area contributed by atoms with E-state index in [4.69, 9.17) is 9.47 Å². The highest BCUT2D eigenvalue weighted by molar-refractivity contribution is 5.88. The Morgan fingerprint density at radius 2 is 1.89 bits per heavy atom. The summed E-state index contributed by atoms with van der Waals surface area (Å²) in [5.74, 6) is -0.498. The summed E-state index contributed by atoms with van der Waals surface area (Å²) in [7, 11) is 1.63. The van der Waals surface area contributed by atoms with Crippen LogP contribution in [0, 0.1) is 10.1 Å². The summed E-state index contributed by atoms with van der Waals surface area (Å²) in [6.45, 7) is 2.94. The molecule has 0 aliphatic carbocycles. The number of anilines is 2. The Balaban J connectivity index is 1.39. The number of nitrogens with one attached hydrogen (secondary N) is 1. The molecule has 0 bridgehead atoms. The molecule has 0 saturated carbocycles. The van der Waals surface area contributed by atoms with Crippen molar-refractivity contribution in [2.75, 3.05) is 49.7 Å². The van der Waals surface area contributed by atoms with E-state index in [1.165, 1.54) is 4.90 Å². The maximum atomic E-state index is 12.7. The minimum atomic E-state index is -0.500. The third kappa shape index (κ3) is 5.63. The summed E-state index contributed by atoms with van der Waals surface area (Å²) >= 11 is 0. The maximum absolute atomic E-state index is 12.7.